The third kappa shape index (κ3) is 4.11. The Labute approximate surface area is 147 Å². The number of benzene rings is 1. The second-order valence-electron chi connectivity index (χ2n) is 6.91. The Morgan fingerprint density at radius 2 is 1.96 bits per heavy atom. The number of ether oxygens (including phenoxy) is 2. The van der Waals surface area contributed by atoms with Crippen LogP contribution in [0.1, 0.15) is 24.2 Å². The molecule has 1 aromatic carbocycles. The topological polar surface area (TPSA) is 71.1 Å². The van der Waals surface area contributed by atoms with E-state index in [-0.39, 0.29) is 17.5 Å². The van der Waals surface area contributed by atoms with Crippen molar-refractivity contribution >= 4 is 17.7 Å². The molecule has 2 aliphatic rings. The molecule has 0 unspecified atom stereocenters. The molecule has 2 heterocycles. The van der Waals surface area contributed by atoms with Crippen molar-refractivity contribution in [2.45, 2.75) is 19.4 Å². The Morgan fingerprint density at radius 1 is 1.20 bits per heavy atom. The van der Waals surface area contributed by atoms with E-state index in [1.54, 1.807) is 24.3 Å². The summed E-state index contributed by atoms with van der Waals surface area (Å²) in [4.78, 5) is 28.1. The number of morpholine rings is 1. The first-order chi connectivity index (χ1) is 12.0. The van der Waals surface area contributed by atoms with Gasteiger partial charge in [0, 0.05) is 36.4 Å². The molecule has 2 amide bonds. The van der Waals surface area contributed by atoms with Gasteiger partial charge in [-0.3, -0.25) is 14.6 Å². The summed E-state index contributed by atoms with van der Waals surface area (Å²) in [7, 11) is 0. The smallest absolute Gasteiger partial charge is 0.414 e. The lowest BCUT2D eigenvalue weighted by molar-refractivity contribution is -0.00923. The largest absolute Gasteiger partial charge is 0.447 e. The van der Waals surface area contributed by atoms with E-state index >= 15 is 0 Å². The maximum absolute atomic E-state index is 12.5. The van der Waals surface area contributed by atoms with Crippen molar-refractivity contribution in [3.8, 4) is 0 Å². The highest BCUT2D eigenvalue weighted by Gasteiger charge is 2.29. The van der Waals surface area contributed by atoms with Gasteiger partial charge in [0.15, 0.2) is 0 Å². The zero-order valence-corrected chi connectivity index (χ0v) is 14.8. The van der Waals surface area contributed by atoms with E-state index in [0.29, 0.717) is 30.9 Å². The molecule has 0 aromatic heterocycles. The molecular formula is C18H25N3O4. The fraction of sp³-hybridized carbons (Fsp3) is 0.556. The summed E-state index contributed by atoms with van der Waals surface area (Å²) in [6, 6.07) is 7.07. The van der Waals surface area contributed by atoms with E-state index in [0.717, 1.165) is 26.3 Å². The molecule has 0 spiro atoms. The van der Waals surface area contributed by atoms with E-state index in [9.17, 15) is 9.59 Å². The highest BCUT2D eigenvalue weighted by molar-refractivity contribution is 5.97. The molecule has 0 radical (unpaired) electrons. The summed E-state index contributed by atoms with van der Waals surface area (Å²) in [5.74, 6) is -0.143. The van der Waals surface area contributed by atoms with Crippen LogP contribution in [0.25, 0.3) is 0 Å². The van der Waals surface area contributed by atoms with Gasteiger partial charge >= 0.3 is 6.09 Å². The lowest BCUT2D eigenvalue weighted by Crippen LogP contribution is -2.55. The molecule has 1 N–H and O–H groups in total. The maximum atomic E-state index is 12.5. The number of hydrogen-bond acceptors (Lipinski definition) is 5. The van der Waals surface area contributed by atoms with Gasteiger partial charge < -0.3 is 14.8 Å². The molecule has 7 heteroatoms. The van der Waals surface area contributed by atoms with Crippen LogP contribution in [0.4, 0.5) is 10.5 Å². The molecule has 7 nitrogen and oxygen atoms in total. The monoisotopic (exact) mass is 347 g/mol. The Hall–Kier alpha value is -2.12. The lowest BCUT2D eigenvalue weighted by atomic mass is 10.0. The van der Waals surface area contributed by atoms with Crippen molar-refractivity contribution < 1.29 is 19.1 Å². The molecule has 2 fully saturated rings. The van der Waals surface area contributed by atoms with Crippen LogP contribution < -0.4 is 10.2 Å². The number of rotatable bonds is 5. The molecule has 136 valence electrons. The fourth-order valence-electron chi connectivity index (χ4n) is 3.12. The second-order valence-corrected chi connectivity index (χ2v) is 6.91. The maximum Gasteiger partial charge on any atom is 0.414 e. The fourth-order valence-corrected chi connectivity index (χ4v) is 3.12. The third-order valence-electron chi connectivity index (χ3n) is 4.73. The number of cyclic esters (lactones) is 1. The van der Waals surface area contributed by atoms with Crippen molar-refractivity contribution in [1.82, 2.24) is 10.2 Å². The number of hydrogen-bond donors (Lipinski definition) is 1. The van der Waals surface area contributed by atoms with Crippen LogP contribution in [-0.4, -0.2) is 68.4 Å². The number of carbonyl (C=O) groups is 2. The number of nitrogens with zero attached hydrogens (tertiary/aromatic N) is 2. The minimum atomic E-state index is -0.369. The first-order valence-corrected chi connectivity index (χ1v) is 8.63. The molecule has 0 aliphatic carbocycles. The lowest BCUT2D eigenvalue weighted by Gasteiger charge is -2.40. The van der Waals surface area contributed by atoms with E-state index in [1.807, 2.05) is 0 Å². The summed E-state index contributed by atoms with van der Waals surface area (Å²) in [6.45, 7) is 8.87. The van der Waals surface area contributed by atoms with E-state index in [2.05, 4.69) is 24.1 Å². The van der Waals surface area contributed by atoms with Gasteiger partial charge in [0.05, 0.1) is 19.8 Å². The quantitative estimate of drug-likeness (QED) is 0.874. The Balaban J connectivity index is 1.62. The third-order valence-corrected chi connectivity index (χ3v) is 4.73. The summed E-state index contributed by atoms with van der Waals surface area (Å²) in [5, 5.41) is 3.01. The number of amides is 2. The van der Waals surface area contributed by atoms with Gasteiger partial charge in [-0.1, -0.05) is 6.07 Å². The summed E-state index contributed by atoms with van der Waals surface area (Å²) in [5.41, 5.74) is 1.08. The van der Waals surface area contributed by atoms with Gasteiger partial charge in [-0.05, 0) is 32.0 Å². The average Bonchev–Trinajstić information content (AvgIpc) is 3.06. The minimum absolute atomic E-state index is 0.143. The summed E-state index contributed by atoms with van der Waals surface area (Å²) >= 11 is 0. The molecule has 0 bridgehead atoms. The average molecular weight is 347 g/mol. The van der Waals surface area contributed by atoms with Crippen molar-refractivity contribution in [3.05, 3.63) is 29.8 Å². The van der Waals surface area contributed by atoms with Gasteiger partial charge in [-0.25, -0.2) is 4.79 Å². The molecule has 0 saturated carbocycles. The normalized spacial score (nSPS) is 19.0. The predicted octanol–water partition coefficient (Wildman–Crippen LogP) is 1.48. The van der Waals surface area contributed by atoms with Gasteiger partial charge in [0.2, 0.25) is 0 Å². The minimum Gasteiger partial charge on any atom is -0.447 e. The van der Waals surface area contributed by atoms with Crippen molar-refractivity contribution in [2.75, 3.05) is 50.9 Å². The summed E-state index contributed by atoms with van der Waals surface area (Å²) in [6.07, 6.45) is -0.369. The van der Waals surface area contributed by atoms with Gasteiger partial charge in [0.25, 0.3) is 5.91 Å². The van der Waals surface area contributed by atoms with Crippen molar-refractivity contribution in [3.63, 3.8) is 0 Å². The number of nitrogens with one attached hydrogen (secondary N) is 1. The van der Waals surface area contributed by atoms with Crippen molar-refractivity contribution in [1.29, 1.82) is 0 Å². The van der Waals surface area contributed by atoms with Crippen LogP contribution >= 0.6 is 0 Å². The van der Waals surface area contributed by atoms with Crippen molar-refractivity contribution in [2.24, 2.45) is 0 Å². The second kappa shape index (κ2) is 7.41. The molecule has 1 aromatic rings. The van der Waals surface area contributed by atoms with Crippen LogP contribution in [0, 0.1) is 0 Å². The Morgan fingerprint density at radius 3 is 2.64 bits per heavy atom. The molecule has 2 aliphatic heterocycles. The van der Waals surface area contributed by atoms with E-state index in [1.165, 1.54) is 4.90 Å². The highest BCUT2D eigenvalue weighted by Crippen LogP contribution is 2.20. The highest BCUT2D eigenvalue weighted by atomic mass is 16.6. The Kier molecular flexibility index (Phi) is 5.24. The Bertz CT molecular complexity index is 641. The number of anilines is 1. The van der Waals surface area contributed by atoms with Crippen LogP contribution in [-0.2, 0) is 9.47 Å². The zero-order valence-electron chi connectivity index (χ0n) is 14.8. The van der Waals surface area contributed by atoms with Gasteiger partial charge in [-0.2, -0.15) is 0 Å². The van der Waals surface area contributed by atoms with Gasteiger partial charge in [-0.15, -0.1) is 0 Å². The number of carbonyl (C=O) groups excluding carboxylic acids is 2. The van der Waals surface area contributed by atoms with Crippen LogP contribution in [0.3, 0.4) is 0 Å². The predicted molar refractivity (Wildman–Crippen MR) is 93.9 cm³/mol. The van der Waals surface area contributed by atoms with Crippen LogP contribution in [0.15, 0.2) is 24.3 Å². The molecule has 2 saturated heterocycles. The van der Waals surface area contributed by atoms with Gasteiger partial charge in [0.1, 0.15) is 6.61 Å². The standard InChI is InChI=1S/C18H25N3O4/c1-18(2,20-6-9-24-10-7-20)13-19-16(22)14-4-3-5-15(12-14)21-8-11-25-17(21)23/h3-5,12H,6-11,13H2,1-2H3,(H,19,22). The first-order valence-electron chi connectivity index (χ1n) is 8.63. The molecule has 0 atom stereocenters. The summed E-state index contributed by atoms with van der Waals surface area (Å²) < 4.78 is 10.3. The van der Waals surface area contributed by atoms with E-state index < -0.39 is 0 Å². The molecular weight excluding hydrogens is 322 g/mol. The molecule has 25 heavy (non-hydrogen) atoms. The van der Waals surface area contributed by atoms with Crippen LogP contribution in [0.5, 0.6) is 0 Å². The van der Waals surface area contributed by atoms with E-state index in [4.69, 9.17) is 9.47 Å². The molecule has 3 rings (SSSR count). The van der Waals surface area contributed by atoms with Crippen LogP contribution in [0.2, 0.25) is 0 Å². The first kappa shape index (κ1) is 17.7. The zero-order chi connectivity index (χ0) is 17.9. The SMILES string of the molecule is CC(C)(CNC(=O)c1cccc(N2CCOC2=O)c1)N1CCOCC1.